The van der Waals surface area contributed by atoms with Gasteiger partial charge in [0.1, 0.15) is 0 Å². The molecular weight excluding hydrogens is 112 g/mol. The lowest BCUT2D eigenvalue weighted by Crippen LogP contribution is -1.83. The van der Waals surface area contributed by atoms with Crippen molar-refractivity contribution in [3.05, 3.63) is 11.6 Å². The van der Waals surface area contributed by atoms with E-state index >= 15 is 0 Å². The monoisotopic (exact) mass is 128 g/mol. The summed E-state index contributed by atoms with van der Waals surface area (Å²) in [6, 6.07) is 0. The van der Waals surface area contributed by atoms with E-state index < -0.39 is 0 Å². The number of hydrogen-bond donors (Lipinski definition) is 1. The highest BCUT2D eigenvalue weighted by atomic mass is 16.2. The van der Waals surface area contributed by atoms with Crippen LogP contribution in [0.2, 0.25) is 0 Å². The highest BCUT2D eigenvalue weighted by Gasteiger charge is 1.87. The van der Waals surface area contributed by atoms with Crippen LogP contribution in [0.15, 0.2) is 11.6 Å². The number of rotatable bonds is 4. The first-order valence-corrected chi connectivity index (χ1v) is 3.54. The van der Waals surface area contributed by atoms with Gasteiger partial charge in [-0.05, 0) is 33.1 Å². The van der Waals surface area contributed by atoms with Crippen LogP contribution < -0.4 is 0 Å². The minimum Gasteiger partial charge on any atom is -0.396 e. The van der Waals surface area contributed by atoms with E-state index in [1.54, 1.807) is 0 Å². The predicted molar refractivity (Wildman–Crippen MR) is 40.4 cm³/mol. The Kier molecular flexibility index (Phi) is 5.64. The van der Waals surface area contributed by atoms with Crippen molar-refractivity contribution in [3.63, 3.8) is 0 Å². The van der Waals surface area contributed by atoms with Gasteiger partial charge in [-0.25, -0.2) is 0 Å². The quantitative estimate of drug-likeness (QED) is 0.454. The van der Waals surface area contributed by atoms with Gasteiger partial charge in [0.2, 0.25) is 0 Å². The smallest absolute Gasteiger partial charge is 0.0431 e. The van der Waals surface area contributed by atoms with Crippen molar-refractivity contribution in [2.24, 2.45) is 0 Å². The molecule has 0 unspecified atom stereocenters. The molecule has 0 aromatic carbocycles. The van der Waals surface area contributed by atoms with E-state index in [0.717, 1.165) is 19.3 Å². The molecule has 0 saturated carbocycles. The highest BCUT2D eigenvalue weighted by molar-refractivity contribution is 4.94. The van der Waals surface area contributed by atoms with Gasteiger partial charge < -0.3 is 5.11 Å². The van der Waals surface area contributed by atoms with Gasteiger partial charge in [0.05, 0.1) is 0 Å². The average Bonchev–Trinajstić information content (AvgIpc) is 1.89. The third-order valence-electron chi connectivity index (χ3n) is 1.47. The first-order chi connectivity index (χ1) is 4.31. The number of hydrogen-bond acceptors (Lipinski definition) is 1. The lowest BCUT2D eigenvalue weighted by Gasteiger charge is -1.96. The van der Waals surface area contributed by atoms with Gasteiger partial charge in [0, 0.05) is 6.61 Å². The SMILES string of the molecule is CC=C(C)CCCCO. The molecule has 0 fully saturated rings. The van der Waals surface area contributed by atoms with Crippen LogP contribution in [-0.4, -0.2) is 11.7 Å². The molecular formula is C8H16O. The van der Waals surface area contributed by atoms with E-state index in [4.69, 9.17) is 5.11 Å². The van der Waals surface area contributed by atoms with E-state index in [9.17, 15) is 0 Å². The van der Waals surface area contributed by atoms with Gasteiger partial charge in [-0.2, -0.15) is 0 Å². The van der Waals surface area contributed by atoms with Gasteiger partial charge in [0.25, 0.3) is 0 Å². The maximum absolute atomic E-state index is 8.43. The molecule has 1 heteroatoms. The van der Waals surface area contributed by atoms with Crippen LogP contribution in [0.25, 0.3) is 0 Å². The van der Waals surface area contributed by atoms with Gasteiger partial charge in [-0.15, -0.1) is 0 Å². The third kappa shape index (κ3) is 5.57. The topological polar surface area (TPSA) is 20.2 Å². The van der Waals surface area contributed by atoms with Crippen LogP contribution in [-0.2, 0) is 0 Å². The molecule has 0 rings (SSSR count). The minimum atomic E-state index is 0.330. The maximum atomic E-state index is 8.43. The lowest BCUT2D eigenvalue weighted by molar-refractivity contribution is 0.284. The van der Waals surface area contributed by atoms with Gasteiger partial charge in [-0.3, -0.25) is 0 Å². The average molecular weight is 128 g/mol. The van der Waals surface area contributed by atoms with Crippen molar-refractivity contribution >= 4 is 0 Å². The summed E-state index contributed by atoms with van der Waals surface area (Å²) in [5, 5.41) is 8.43. The molecule has 1 nitrogen and oxygen atoms in total. The zero-order valence-electron chi connectivity index (χ0n) is 6.35. The largest absolute Gasteiger partial charge is 0.396 e. The maximum Gasteiger partial charge on any atom is 0.0431 e. The second-order valence-corrected chi connectivity index (χ2v) is 2.32. The highest BCUT2D eigenvalue weighted by Crippen LogP contribution is 2.04. The molecule has 0 aromatic heterocycles. The summed E-state index contributed by atoms with van der Waals surface area (Å²) in [7, 11) is 0. The molecule has 0 aromatic rings. The van der Waals surface area contributed by atoms with Gasteiger partial charge in [-0.1, -0.05) is 11.6 Å². The Hall–Kier alpha value is -0.300. The van der Waals surface area contributed by atoms with Crippen molar-refractivity contribution in [1.82, 2.24) is 0 Å². The van der Waals surface area contributed by atoms with Gasteiger partial charge in [0.15, 0.2) is 0 Å². The number of aliphatic hydroxyl groups is 1. The van der Waals surface area contributed by atoms with Crippen molar-refractivity contribution in [3.8, 4) is 0 Å². The molecule has 0 aliphatic carbocycles. The van der Waals surface area contributed by atoms with Gasteiger partial charge >= 0.3 is 0 Å². The predicted octanol–water partition coefficient (Wildman–Crippen LogP) is 2.12. The summed E-state index contributed by atoms with van der Waals surface area (Å²) < 4.78 is 0. The molecule has 0 heterocycles. The molecule has 0 spiro atoms. The molecule has 0 radical (unpaired) electrons. The molecule has 0 saturated heterocycles. The van der Waals surface area contributed by atoms with Crippen molar-refractivity contribution in [1.29, 1.82) is 0 Å². The molecule has 1 N–H and O–H groups in total. The standard InChI is InChI=1S/C8H16O/c1-3-8(2)6-4-5-7-9/h3,9H,4-7H2,1-2H3. The van der Waals surface area contributed by atoms with Crippen molar-refractivity contribution in [2.45, 2.75) is 33.1 Å². The fourth-order valence-corrected chi connectivity index (χ4v) is 0.660. The Bertz CT molecular complexity index is 84.6. The lowest BCUT2D eigenvalue weighted by atomic mass is 10.1. The van der Waals surface area contributed by atoms with Crippen LogP contribution in [0.5, 0.6) is 0 Å². The first-order valence-electron chi connectivity index (χ1n) is 3.54. The van der Waals surface area contributed by atoms with Crippen LogP contribution in [0, 0.1) is 0 Å². The summed E-state index contributed by atoms with van der Waals surface area (Å²) in [5.74, 6) is 0. The molecule has 0 bridgehead atoms. The van der Waals surface area contributed by atoms with Crippen molar-refractivity contribution < 1.29 is 5.11 Å². The van der Waals surface area contributed by atoms with Crippen molar-refractivity contribution in [2.75, 3.05) is 6.61 Å². The Morgan fingerprint density at radius 1 is 1.44 bits per heavy atom. The normalized spacial score (nSPS) is 12.1. The zero-order valence-corrected chi connectivity index (χ0v) is 6.35. The molecule has 9 heavy (non-hydrogen) atoms. The number of aliphatic hydroxyl groups excluding tert-OH is 1. The summed E-state index contributed by atoms with van der Waals surface area (Å²) in [6.45, 7) is 4.50. The number of allylic oxidation sites excluding steroid dienone is 2. The minimum absolute atomic E-state index is 0.330. The Morgan fingerprint density at radius 2 is 2.11 bits per heavy atom. The summed E-state index contributed by atoms with van der Waals surface area (Å²) in [5.41, 5.74) is 1.42. The fourth-order valence-electron chi connectivity index (χ4n) is 0.660. The van der Waals surface area contributed by atoms with E-state index in [-0.39, 0.29) is 0 Å². The summed E-state index contributed by atoms with van der Waals surface area (Å²) in [6.07, 6.45) is 5.31. The second-order valence-electron chi connectivity index (χ2n) is 2.32. The Morgan fingerprint density at radius 3 is 2.56 bits per heavy atom. The van der Waals surface area contributed by atoms with Crippen LogP contribution in [0.3, 0.4) is 0 Å². The fraction of sp³-hybridized carbons (Fsp3) is 0.750. The Balaban J connectivity index is 3.07. The van der Waals surface area contributed by atoms with E-state index in [2.05, 4.69) is 13.0 Å². The molecule has 54 valence electrons. The van der Waals surface area contributed by atoms with E-state index in [1.807, 2.05) is 6.92 Å². The van der Waals surface area contributed by atoms with Crippen LogP contribution in [0.1, 0.15) is 33.1 Å². The molecule has 0 amide bonds. The first kappa shape index (κ1) is 8.70. The zero-order chi connectivity index (χ0) is 7.11. The van der Waals surface area contributed by atoms with Crippen LogP contribution >= 0.6 is 0 Å². The van der Waals surface area contributed by atoms with E-state index in [1.165, 1.54) is 5.57 Å². The van der Waals surface area contributed by atoms with Crippen LogP contribution in [0.4, 0.5) is 0 Å². The Labute approximate surface area is 57.4 Å². The summed E-state index contributed by atoms with van der Waals surface area (Å²) in [4.78, 5) is 0. The van der Waals surface area contributed by atoms with E-state index in [0.29, 0.717) is 6.61 Å². The number of unbranched alkanes of at least 4 members (excludes halogenated alkanes) is 1. The second kappa shape index (κ2) is 5.83. The molecule has 0 aliphatic heterocycles. The summed E-state index contributed by atoms with van der Waals surface area (Å²) >= 11 is 0. The third-order valence-corrected chi connectivity index (χ3v) is 1.47. The molecule has 0 atom stereocenters. The molecule has 0 aliphatic rings.